The molecule has 0 fully saturated rings. The molecule has 0 saturated heterocycles. The molecule has 0 atom stereocenters. The van der Waals surface area contributed by atoms with Crippen LogP contribution in [0, 0.1) is 10.1 Å². The number of nitrogens with zero attached hydrogens (tertiary/aromatic N) is 5. The van der Waals surface area contributed by atoms with Crippen molar-refractivity contribution in [3.05, 3.63) is 67.2 Å². The van der Waals surface area contributed by atoms with E-state index in [4.69, 9.17) is 11.6 Å². The summed E-state index contributed by atoms with van der Waals surface area (Å²) < 4.78 is 2.12. The number of hydrogen-bond donors (Lipinski definition) is 0. The summed E-state index contributed by atoms with van der Waals surface area (Å²) >= 11 is 9.29. The summed E-state index contributed by atoms with van der Waals surface area (Å²) in [6, 6.07) is 4.61. The molecule has 132 valence electrons. The highest BCUT2D eigenvalue weighted by molar-refractivity contribution is 9.10. The molecule has 1 aliphatic rings. The molecular weight excluding hydrogens is 426 g/mol. The summed E-state index contributed by atoms with van der Waals surface area (Å²) in [5.41, 5.74) is 2.11. The molecule has 1 amide bonds. The lowest BCUT2D eigenvalue weighted by Crippen LogP contribution is -2.36. The Morgan fingerprint density at radius 2 is 2.15 bits per heavy atom. The molecule has 26 heavy (non-hydrogen) atoms. The Morgan fingerprint density at radius 3 is 2.92 bits per heavy atom. The van der Waals surface area contributed by atoms with E-state index in [-0.39, 0.29) is 27.8 Å². The molecule has 1 aliphatic heterocycles. The van der Waals surface area contributed by atoms with Crippen molar-refractivity contribution in [1.29, 1.82) is 0 Å². The van der Waals surface area contributed by atoms with E-state index in [2.05, 4.69) is 26.0 Å². The maximum Gasteiger partial charge on any atom is 0.296 e. The molecule has 0 spiro atoms. The number of halogens is 2. The minimum absolute atomic E-state index is 0.141. The number of pyridine rings is 2. The van der Waals surface area contributed by atoms with Crippen LogP contribution >= 0.6 is 27.5 Å². The average Bonchev–Trinajstić information content (AvgIpc) is 3.03. The highest BCUT2D eigenvalue weighted by Gasteiger charge is 2.26. The van der Waals surface area contributed by atoms with E-state index in [1.54, 1.807) is 11.1 Å². The first kappa shape index (κ1) is 16.9. The largest absolute Gasteiger partial charge is 0.332 e. The van der Waals surface area contributed by atoms with E-state index >= 15 is 0 Å². The first-order chi connectivity index (χ1) is 12.4. The summed E-state index contributed by atoms with van der Waals surface area (Å²) in [4.78, 5) is 29.5. The van der Waals surface area contributed by atoms with Gasteiger partial charge in [0.1, 0.15) is 5.52 Å². The Hall–Kier alpha value is -2.52. The Bertz CT molecular complexity index is 1070. The fraction of sp³-hybridized carbons (Fsp3) is 0.188. The third-order valence-electron chi connectivity index (χ3n) is 4.23. The van der Waals surface area contributed by atoms with Crippen molar-refractivity contribution in [3.63, 3.8) is 0 Å². The van der Waals surface area contributed by atoms with Crippen molar-refractivity contribution in [3.8, 4) is 0 Å². The molecule has 0 aliphatic carbocycles. The van der Waals surface area contributed by atoms with Crippen molar-refractivity contribution in [2.24, 2.45) is 0 Å². The Labute approximate surface area is 160 Å². The Kier molecular flexibility index (Phi) is 4.12. The van der Waals surface area contributed by atoms with Crippen LogP contribution in [0.4, 0.5) is 5.69 Å². The minimum atomic E-state index is -0.544. The highest BCUT2D eigenvalue weighted by atomic mass is 79.9. The predicted octanol–water partition coefficient (Wildman–Crippen LogP) is 3.25. The molecule has 0 bridgehead atoms. The summed E-state index contributed by atoms with van der Waals surface area (Å²) in [5.74, 6) is -0.287. The maximum absolute atomic E-state index is 12.8. The zero-order valence-electron chi connectivity index (χ0n) is 13.2. The highest BCUT2D eigenvalue weighted by Crippen LogP contribution is 2.26. The van der Waals surface area contributed by atoms with Crippen molar-refractivity contribution < 1.29 is 9.72 Å². The van der Waals surface area contributed by atoms with Gasteiger partial charge in [-0.15, -0.1) is 0 Å². The van der Waals surface area contributed by atoms with Gasteiger partial charge in [-0.2, -0.15) is 5.10 Å². The van der Waals surface area contributed by atoms with Gasteiger partial charge in [0.05, 0.1) is 9.95 Å². The van der Waals surface area contributed by atoms with Crippen LogP contribution in [0.5, 0.6) is 0 Å². The van der Waals surface area contributed by atoms with Crippen LogP contribution in [0.25, 0.3) is 5.52 Å². The third kappa shape index (κ3) is 2.93. The molecule has 0 radical (unpaired) electrons. The summed E-state index contributed by atoms with van der Waals surface area (Å²) in [5, 5.41) is 15.6. The maximum atomic E-state index is 12.8. The van der Waals surface area contributed by atoms with Crippen LogP contribution in [0.1, 0.15) is 21.7 Å². The molecule has 4 rings (SSSR count). The molecule has 10 heteroatoms. The predicted molar refractivity (Wildman–Crippen MR) is 97.2 cm³/mol. The summed E-state index contributed by atoms with van der Waals surface area (Å²) in [7, 11) is 0. The van der Waals surface area contributed by atoms with Crippen LogP contribution < -0.4 is 0 Å². The van der Waals surface area contributed by atoms with Gasteiger partial charge in [0.25, 0.3) is 11.6 Å². The van der Waals surface area contributed by atoms with Crippen molar-refractivity contribution in [2.45, 2.75) is 13.0 Å². The quantitative estimate of drug-likeness (QED) is 0.454. The van der Waals surface area contributed by atoms with Crippen LogP contribution in [0.15, 0.2) is 35.1 Å². The average molecular weight is 437 g/mol. The van der Waals surface area contributed by atoms with Crippen LogP contribution in [0.2, 0.25) is 5.02 Å². The van der Waals surface area contributed by atoms with E-state index in [9.17, 15) is 14.9 Å². The van der Waals surface area contributed by atoms with Gasteiger partial charge in [0.15, 0.2) is 5.69 Å². The molecule has 0 aromatic carbocycles. The summed E-state index contributed by atoms with van der Waals surface area (Å²) in [6.45, 7) is 0.925. The van der Waals surface area contributed by atoms with Gasteiger partial charge in [-0.1, -0.05) is 11.6 Å². The van der Waals surface area contributed by atoms with Gasteiger partial charge in [-0.3, -0.25) is 19.9 Å². The summed E-state index contributed by atoms with van der Waals surface area (Å²) in [6.07, 6.45) is 3.82. The normalized spacial score (nSPS) is 13.7. The lowest BCUT2D eigenvalue weighted by atomic mass is 10.1. The number of amides is 1. The number of nitro groups is 1. The molecule has 8 nitrogen and oxygen atoms in total. The molecule has 3 aromatic heterocycles. The number of hydrogen-bond acceptors (Lipinski definition) is 5. The minimum Gasteiger partial charge on any atom is -0.332 e. The van der Waals surface area contributed by atoms with Gasteiger partial charge in [0, 0.05) is 54.2 Å². The van der Waals surface area contributed by atoms with Crippen LogP contribution in [-0.4, -0.2) is 36.9 Å². The van der Waals surface area contributed by atoms with E-state index in [1.165, 1.54) is 22.8 Å². The van der Waals surface area contributed by atoms with Crippen LogP contribution in [-0.2, 0) is 13.0 Å². The second-order valence-corrected chi connectivity index (χ2v) is 7.25. The first-order valence-electron chi connectivity index (χ1n) is 7.68. The van der Waals surface area contributed by atoms with Gasteiger partial charge >= 0.3 is 0 Å². The van der Waals surface area contributed by atoms with Crippen molar-refractivity contribution in [2.75, 3.05) is 6.54 Å². The molecule has 3 aromatic rings. The molecule has 0 unspecified atom stereocenters. The van der Waals surface area contributed by atoms with E-state index in [1.807, 2.05) is 6.07 Å². The number of rotatable bonds is 2. The van der Waals surface area contributed by atoms with Gasteiger partial charge in [0.2, 0.25) is 0 Å². The zero-order chi connectivity index (χ0) is 18.4. The smallest absolute Gasteiger partial charge is 0.296 e. The Morgan fingerprint density at radius 1 is 1.35 bits per heavy atom. The molecule has 0 saturated carbocycles. The van der Waals surface area contributed by atoms with Crippen molar-refractivity contribution >= 4 is 44.6 Å². The topological polar surface area (TPSA) is 93.6 Å². The fourth-order valence-electron chi connectivity index (χ4n) is 3.03. The number of aromatic nitrogens is 3. The van der Waals surface area contributed by atoms with E-state index in [0.29, 0.717) is 19.5 Å². The van der Waals surface area contributed by atoms with Crippen molar-refractivity contribution in [1.82, 2.24) is 19.5 Å². The molecule has 4 heterocycles. The van der Waals surface area contributed by atoms with Gasteiger partial charge < -0.3 is 4.90 Å². The third-order valence-corrected chi connectivity index (χ3v) is 4.87. The lowest BCUT2D eigenvalue weighted by molar-refractivity contribution is -0.383. The second-order valence-electron chi connectivity index (χ2n) is 5.90. The lowest BCUT2D eigenvalue weighted by Gasteiger charge is -2.27. The first-order valence-corrected chi connectivity index (χ1v) is 8.85. The van der Waals surface area contributed by atoms with E-state index in [0.717, 1.165) is 15.7 Å². The number of carbonyl (C=O) groups is 1. The monoisotopic (exact) mass is 435 g/mol. The standard InChI is InChI=1S/C16H11BrClN5O3/c17-10-3-9-7-21(2-1-12(9)19-6-10)16(24)13-5-14-15(23(25)26)4-11(18)8-22(14)20-13/h3-6,8H,1-2,7H2. The Balaban J connectivity index is 1.69. The number of carbonyl (C=O) groups excluding carboxylic acids is 1. The zero-order valence-corrected chi connectivity index (χ0v) is 15.6. The second kappa shape index (κ2) is 6.33. The number of fused-ring (bicyclic) bond motifs is 2. The van der Waals surface area contributed by atoms with E-state index < -0.39 is 4.92 Å². The molecule has 0 N–H and O–H groups in total. The van der Waals surface area contributed by atoms with Crippen LogP contribution in [0.3, 0.4) is 0 Å². The van der Waals surface area contributed by atoms with Gasteiger partial charge in [-0.05, 0) is 27.6 Å². The van der Waals surface area contributed by atoms with Gasteiger partial charge in [-0.25, -0.2) is 4.52 Å². The molecular formula is C16H11BrClN5O3. The fourth-order valence-corrected chi connectivity index (χ4v) is 3.60. The SMILES string of the molecule is O=C(c1cc2c([N+](=O)[O-])cc(Cl)cn2n1)N1CCc2ncc(Br)cc2C1.